The van der Waals surface area contributed by atoms with Crippen LogP contribution < -0.4 is 15.8 Å². The second kappa shape index (κ2) is 7.55. The molecule has 0 radical (unpaired) electrons. The Hall–Kier alpha value is -3.62. The van der Waals surface area contributed by atoms with Crippen LogP contribution in [0.3, 0.4) is 0 Å². The highest BCUT2D eigenvalue weighted by Gasteiger charge is 2.13. The molecule has 28 heavy (non-hydrogen) atoms. The highest BCUT2D eigenvalue weighted by molar-refractivity contribution is 5.52. The quantitative estimate of drug-likeness (QED) is 0.503. The first-order valence-electron chi connectivity index (χ1n) is 9.02. The number of aromatic nitrogens is 5. The highest BCUT2D eigenvalue weighted by atomic mass is 16.5. The van der Waals surface area contributed by atoms with Crippen molar-refractivity contribution in [1.29, 1.82) is 0 Å². The van der Waals surface area contributed by atoms with E-state index in [0.717, 1.165) is 12.2 Å². The van der Waals surface area contributed by atoms with Crippen LogP contribution in [0, 0.1) is 0 Å². The molecule has 0 saturated carbocycles. The van der Waals surface area contributed by atoms with Gasteiger partial charge in [-0.25, -0.2) is 0 Å². The van der Waals surface area contributed by atoms with E-state index in [1.165, 1.54) is 10.1 Å². The molecular weight excluding hydrogens is 358 g/mol. The molecule has 0 aliphatic carbocycles. The first kappa shape index (κ1) is 17.8. The molecule has 0 aliphatic heterocycles. The second-order valence-corrected chi connectivity index (χ2v) is 6.52. The van der Waals surface area contributed by atoms with Crippen LogP contribution in [0.2, 0.25) is 0 Å². The van der Waals surface area contributed by atoms with Crippen LogP contribution in [0.1, 0.15) is 19.4 Å². The number of furan rings is 1. The van der Waals surface area contributed by atoms with Crippen LogP contribution in [0.4, 0.5) is 11.9 Å². The summed E-state index contributed by atoms with van der Waals surface area (Å²) in [4.78, 5) is 13.0. The Morgan fingerprint density at radius 3 is 2.68 bits per heavy atom. The van der Waals surface area contributed by atoms with Gasteiger partial charge < -0.3 is 20.2 Å². The van der Waals surface area contributed by atoms with Crippen molar-refractivity contribution in [3.63, 3.8) is 0 Å². The van der Waals surface area contributed by atoms with E-state index in [-0.39, 0.29) is 12.1 Å². The summed E-state index contributed by atoms with van der Waals surface area (Å²) in [5.41, 5.74) is 7.17. The first-order chi connectivity index (χ1) is 13.6. The van der Waals surface area contributed by atoms with Crippen molar-refractivity contribution >= 4 is 17.7 Å². The summed E-state index contributed by atoms with van der Waals surface area (Å²) in [6.07, 6.45) is 2.53. The summed E-state index contributed by atoms with van der Waals surface area (Å²) in [5, 5.41) is 7.45. The molecule has 0 aliphatic rings. The lowest BCUT2D eigenvalue weighted by atomic mass is 10.1. The van der Waals surface area contributed by atoms with Crippen LogP contribution in [0.25, 0.3) is 17.4 Å². The van der Waals surface area contributed by atoms with E-state index in [4.69, 9.17) is 14.9 Å². The Balaban J connectivity index is 1.42. The van der Waals surface area contributed by atoms with Gasteiger partial charge in [-0.1, -0.05) is 12.1 Å². The van der Waals surface area contributed by atoms with Gasteiger partial charge in [0, 0.05) is 6.54 Å². The Morgan fingerprint density at radius 2 is 1.96 bits per heavy atom. The maximum absolute atomic E-state index is 5.99. The molecule has 0 unspecified atom stereocenters. The molecule has 9 heteroatoms. The average Bonchev–Trinajstić information content (AvgIpc) is 3.32. The van der Waals surface area contributed by atoms with Crippen LogP contribution in [0.15, 0.2) is 47.1 Å². The van der Waals surface area contributed by atoms with Crippen LogP contribution >= 0.6 is 0 Å². The lowest BCUT2D eigenvalue weighted by Crippen LogP contribution is -2.12. The van der Waals surface area contributed by atoms with Crippen LogP contribution in [-0.4, -0.2) is 37.2 Å². The van der Waals surface area contributed by atoms with E-state index in [9.17, 15) is 0 Å². The van der Waals surface area contributed by atoms with Gasteiger partial charge in [0.15, 0.2) is 5.76 Å². The molecule has 0 saturated heterocycles. The fourth-order valence-electron chi connectivity index (χ4n) is 2.72. The van der Waals surface area contributed by atoms with Gasteiger partial charge in [0.2, 0.25) is 17.7 Å². The minimum Gasteiger partial charge on any atom is -0.491 e. The Kier molecular flexibility index (Phi) is 4.79. The number of nitrogens with two attached hydrogens (primary N) is 1. The van der Waals surface area contributed by atoms with Crippen molar-refractivity contribution < 1.29 is 9.15 Å². The number of anilines is 2. The summed E-state index contributed by atoms with van der Waals surface area (Å²) < 4.78 is 12.4. The molecule has 0 amide bonds. The number of nitrogens with one attached hydrogen (secondary N) is 1. The average molecular weight is 379 g/mol. The fraction of sp³-hybridized carbons (Fsp3) is 0.263. The second-order valence-electron chi connectivity index (χ2n) is 6.52. The van der Waals surface area contributed by atoms with E-state index < -0.39 is 0 Å². The Labute approximate surface area is 161 Å². The minimum atomic E-state index is 0.162. The number of fused-ring (bicyclic) bond motifs is 1. The van der Waals surface area contributed by atoms with Crippen molar-refractivity contribution in [3.8, 4) is 17.3 Å². The van der Waals surface area contributed by atoms with Crippen molar-refractivity contribution in [3.05, 3.63) is 48.2 Å². The van der Waals surface area contributed by atoms with Gasteiger partial charge in [-0.3, -0.25) is 0 Å². The molecule has 9 nitrogen and oxygen atoms in total. The number of benzene rings is 1. The lowest BCUT2D eigenvalue weighted by Gasteiger charge is -2.10. The minimum absolute atomic E-state index is 0.162. The Bertz CT molecular complexity index is 1060. The number of hydrogen-bond donors (Lipinski definition) is 2. The van der Waals surface area contributed by atoms with Gasteiger partial charge in [-0.05, 0) is 50.1 Å². The van der Waals surface area contributed by atoms with Crippen molar-refractivity contribution in [2.45, 2.75) is 26.4 Å². The van der Waals surface area contributed by atoms with E-state index >= 15 is 0 Å². The summed E-state index contributed by atoms with van der Waals surface area (Å²) in [7, 11) is 0. The largest absolute Gasteiger partial charge is 0.491 e. The molecule has 1 aromatic carbocycles. The van der Waals surface area contributed by atoms with E-state index in [1.807, 2.05) is 38.1 Å². The van der Waals surface area contributed by atoms with Crippen LogP contribution in [-0.2, 0) is 6.42 Å². The maximum Gasteiger partial charge on any atom is 0.259 e. The van der Waals surface area contributed by atoms with E-state index in [2.05, 4.69) is 25.4 Å². The number of hydrogen-bond acceptors (Lipinski definition) is 8. The van der Waals surface area contributed by atoms with Crippen molar-refractivity contribution in [1.82, 2.24) is 24.6 Å². The zero-order valence-electron chi connectivity index (χ0n) is 15.7. The number of nitrogens with zero attached hydrogens (tertiary/aromatic N) is 5. The van der Waals surface area contributed by atoms with E-state index in [0.29, 0.717) is 29.9 Å². The fourth-order valence-corrected chi connectivity index (χ4v) is 2.72. The lowest BCUT2D eigenvalue weighted by molar-refractivity contribution is 0.242. The molecule has 0 atom stereocenters. The van der Waals surface area contributed by atoms with Gasteiger partial charge >= 0.3 is 0 Å². The summed E-state index contributed by atoms with van der Waals surface area (Å²) >= 11 is 0. The molecule has 3 N–H and O–H groups in total. The molecule has 4 rings (SSSR count). The highest BCUT2D eigenvalue weighted by Crippen LogP contribution is 2.18. The zero-order chi connectivity index (χ0) is 19.5. The third-order valence-corrected chi connectivity index (χ3v) is 3.97. The molecule has 0 spiro atoms. The number of ether oxygens (including phenoxy) is 1. The summed E-state index contributed by atoms with van der Waals surface area (Å²) in [6, 6.07) is 11.6. The zero-order valence-corrected chi connectivity index (χ0v) is 15.7. The predicted molar refractivity (Wildman–Crippen MR) is 105 cm³/mol. The van der Waals surface area contributed by atoms with Gasteiger partial charge in [-0.2, -0.15) is 19.5 Å². The van der Waals surface area contributed by atoms with Gasteiger partial charge in [0.25, 0.3) is 5.78 Å². The third kappa shape index (κ3) is 3.88. The normalized spacial score (nSPS) is 11.2. The predicted octanol–water partition coefficient (Wildman–Crippen LogP) is 2.80. The molecular formula is C19H21N7O2. The SMILES string of the molecule is CC(C)Oc1ccc(CCNc2nc(N)n3nc(-c4ccco4)nc3n2)cc1. The summed E-state index contributed by atoms with van der Waals surface area (Å²) in [6.45, 7) is 4.67. The summed E-state index contributed by atoms with van der Waals surface area (Å²) in [5.74, 6) is 2.79. The maximum atomic E-state index is 5.99. The molecule has 0 fully saturated rings. The topological polar surface area (TPSA) is 116 Å². The number of nitrogen functional groups attached to an aromatic ring is 1. The molecule has 3 heterocycles. The van der Waals surface area contributed by atoms with Crippen molar-refractivity contribution in [2.75, 3.05) is 17.6 Å². The standard InChI is InChI=1S/C19H21N7O2/c1-12(2)28-14-7-5-13(6-8-14)9-10-21-18-23-17(20)26-19(24-18)22-16(25-26)15-4-3-11-27-15/h3-8,11-12H,9-10H2,1-2H3,(H3,20,21,22,23,24,25). The smallest absolute Gasteiger partial charge is 0.259 e. The first-order valence-corrected chi connectivity index (χ1v) is 9.02. The van der Waals surface area contributed by atoms with E-state index in [1.54, 1.807) is 18.4 Å². The van der Waals surface area contributed by atoms with Gasteiger partial charge in [0.05, 0.1) is 12.4 Å². The Morgan fingerprint density at radius 1 is 1.14 bits per heavy atom. The third-order valence-electron chi connectivity index (χ3n) is 3.97. The molecule has 3 aromatic heterocycles. The molecule has 144 valence electrons. The van der Waals surface area contributed by atoms with Crippen LogP contribution in [0.5, 0.6) is 5.75 Å². The number of rotatable bonds is 7. The van der Waals surface area contributed by atoms with Gasteiger partial charge in [-0.15, -0.1) is 5.10 Å². The monoisotopic (exact) mass is 379 g/mol. The molecule has 0 bridgehead atoms. The van der Waals surface area contributed by atoms with Gasteiger partial charge in [0.1, 0.15) is 5.75 Å². The molecule has 4 aromatic rings. The van der Waals surface area contributed by atoms with Crippen molar-refractivity contribution in [2.24, 2.45) is 0 Å².